The highest BCUT2D eigenvalue weighted by Crippen LogP contribution is 2.41. The Balaban J connectivity index is 1.13. The van der Waals surface area contributed by atoms with Crippen LogP contribution in [0.25, 0.3) is 82.1 Å². The van der Waals surface area contributed by atoms with Crippen LogP contribution in [0.3, 0.4) is 0 Å². The second kappa shape index (κ2) is 11.4. The van der Waals surface area contributed by atoms with Crippen LogP contribution in [0.5, 0.6) is 0 Å². The summed E-state index contributed by atoms with van der Waals surface area (Å²) in [6, 6.07) is 55.6. The van der Waals surface area contributed by atoms with E-state index in [4.69, 9.17) is 6.57 Å². The summed E-state index contributed by atoms with van der Waals surface area (Å²) in [7, 11) is 0. The molecule has 9 aromatic rings. The molecule has 0 radical (unpaired) electrons. The number of para-hydroxylation sites is 3. The van der Waals surface area contributed by atoms with E-state index in [2.05, 4.69) is 105 Å². The zero-order valence-electron chi connectivity index (χ0n) is 26.7. The Morgan fingerprint density at radius 1 is 0.480 bits per heavy atom. The van der Waals surface area contributed by atoms with Gasteiger partial charge in [0, 0.05) is 27.4 Å². The molecule has 0 saturated heterocycles. The van der Waals surface area contributed by atoms with E-state index in [0.29, 0.717) is 16.8 Å². The van der Waals surface area contributed by atoms with E-state index in [-0.39, 0.29) is 0 Å². The quantitative estimate of drug-likeness (QED) is 0.181. The van der Waals surface area contributed by atoms with Gasteiger partial charge < -0.3 is 9.13 Å². The average Bonchev–Trinajstić information content (AvgIpc) is 3.70. The molecule has 0 aliphatic heterocycles. The van der Waals surface area contributed by atoms with Gasteiger partial charge in [-0.05, 0) is 82.7 Å². The molecule has 0 saturated carbocycles. The van der Waals surface area contributed by atoms with E-state index >= 15 is 0 Å². The van der Waals surface area contributed by atoms with Crippen molar-refractivity contribution in [2.45, 2.75) is 0 Å². The van der Waals surface area contributed by atoms with Crippen LogP contribution in [0.4, 0.5) is 5.69 Å². The fraction of sp³-hybridized carbons (Fsp3) is 0. The summed E-state index contributed by atoms with van der Waals surface area (Å²) < 4.78 is 4.41. The van der Waals surface area contributed by atoms with Crippen molar-refractivity contribution in [2.75, 3.05) is 0 Å². The van der Waals surface area contributed by atoms with Gasteiger partial charge in [0.2, 0.25) is 5.69 Å². The summed E-state index contributed by atoms with van der Waals surface area (Å²) in [4.78, 5) is 3.88. The van der Waals surface area contributed by atoms with Crippen molar-refractivity contribution in [3.05, 3.63) is 174 Å². The number of nitriles is 2. The summed E-state index contributed by atoms with van der Waals surface area (Å²) in [6.45, 7) is 7.94. The first kappa shape index (κ1) is 28.8. The van der Waals surface area contributed by atoms with Gasteiger partial charge in [-0.15, -0.1) is 0 Å². The third kappa shape index (κ3) is 4.38. The van der Waals surface area contributed by atoms with Gasteiger partial charge in [-0.2, -0.15) is 10.5 Å². The lowest BCUT2D eigenvalue weighted by molar-refractivity contribution is 1.18. The second-order valence-electron chi connectivity index (χ2n) is 12.3. The van der Waals surface area contributed by atoms with E-state index < -0.39 is 0 Å². The molecule has 5 heteroatoms. The molecule has 2 heterocycles. The van der Waals surface area contributed by atoms with Crippen molar-refractivity contribution in [3.8, 4) is 45.8 Å². The normalized spacial score (nSPS) is 11.1. The van der Waals surface area contributed by atoms with Gasteiger partial charge in [-0.1, -0.05) is 91.0 Å². The van der Waals surface area contributed by atoms with Crippen LogP contribution in [0.2, 0.25) is 0 Å². The Bertz CT molecular complexity index is 2940. The van der Waals surface area contributed by atoms with Crippen molar-refractivity contribution in [1.29, 1.82) is 10.5 Å². The number of benzene rings is 7. The Morgan fingerprint density at radius 2 is 1.04 bits per heavy atom. The largest absolute Gasteiger partial charge is 0.318 e. The third-order valence-corrected chi connectivity index (χ3v) is 9.62. The topological polar surface area (TPSA) is 61.8 Å². The minimum Gasteiger partial charge on any atom is -0.318 e. The lowest BCUT2D eigenvalue weighted by Crippen LogP contribution is -1.98. The first-order valence-corrected chi connectivity index (χ1v) is 16.3. The molecule has 0 N–H and O–H groups in total. The molecule has 0 fully saturated rings. The van der Waals surface area contributed by atoms with Crippen LogP contribution in [0.15, 0.2) is 152 Å². The molecule has 0 bridgehead atoms. The van der Waals surface area contributed by atoms with Crippen molar-refractivity contribution in [1.82, 2.24) is 9.13 Å². The van der Waals surface area contributed by atoms with Gasteiger partial charge in [0.15, 0.2) is 0 Å². The van der Waals surface area contributed by atoms with Gasteiger partial charge in [0.05, 0.1) is 57.6 Å². The number of hydrogen-bond acceptors (Lipinski definition) is 2. The Hall–Kier alpha value is -7.39. The maximum atomic E-state index is 9.87. The predicted molar refractivity (Wildman–Crippen MR) is 202 cm³/mol. The summed E-state index contributed by atoms with van der Waals surface area (Å²) in [5, 5.41) is 23.7. The van der Waals surface area contributed by atoms with Gasteiger partial charge in [-0.25, -0.2) is 4.85 Å². The van der Waals surface area contributed by atoms with Crippen molar-refractivity contribution in [3.63, 3.8) is 0 Å². The van der Waals surface area contributed by atoms with Crippen LogP contribution in [-0.2, 0) is 0 Å². The monoisotopic (exact) mass is 635 g/mol. The van der Waals surface area contributed by atoms with E-state index in [9.17, 15) is 10.5 Å². The van der Waals surface area contributed by atoms with Crippen LogP contribution < -0.4 is 0 Å². The summed E-state index contributed by atoms with van der Waals surface area (Å²) >= 11 is 0. The number of fused-ring (bicyclic) bond motifs is 6. The molecule has 0 spiro atoms. The summed E-state index contributed by atoms with van der Waals surface area (Å²) in [5.41, 5.74) is 11.8. The van der Waals surface area contributed by atoms with Crippen LogP contribution in [0, 0.1) is 29.2 Å². The molecule has 5 nitrogen and oxygen atoms in total. The predicted octanol–water partition coefficient (Wildman–Crippen LogP) is 11.5. The Labute approximate surface area is 288 Å². The van der Waals surface area contributed by atoms with Gasteiger partial charge in [0.1, 0.15) is 0 Å². The van der Waals surface area contributed by atoms with Gasteiger partial charge in [-0.3, -0.25) is 0 Å². The lowest BCUT2D eigenvalue weighted by Gasteiger charge is -2.16. The Morgan fingerprint density at radius 3 is 1.74 bits per heavy atom. The highest BCUT2D eigenvalue weighted by atomic mass is 15.0. The van der Waals surface area contributed by atoms with Crippen LogP contribution in [0.1, 0.15) is 11.1 Å². The van der Waals surface area contributed by atoms with Gasteiger partial charge in [0.25, 0.3) is 0 Å². The molecule has 2 aromatic heterocycles. The maximum Gasteiger partial charge on any atom is 0.211 e. The summed E-state index contributed by atoms with van der Waals surface area (Å²) in [6.07, 6.45) is 0. The molecule has 0 amide bonds. The van der Waals surface area contributed by atoms with Crippen LogP contribution in [-0.4, -0.2) is 9.13 Å². The summed E-state index contributed by atoms with van der Waals surface area (Å²) in [5.74, 6) is 0. The number of rotatable bonds is 4. The van der Waals surface area contributed by atoms with E-state index in [1.165, 1.54) is 0 Å². The average molecular weight is 636 g/mol. The first-order valence-electron chi connectivity index (χ1n) is 16.3. The molecule has 9 rings (SSSR count). The highest BCUT2D eigenvalue weighted by Gasteiger charge is 2.19. The molecule has 0 aliphatic carbocycles. The molecular weight excluding hydrogens is 611 g/mol. The zero-order chi connectivity index (χ0) is 33.8. The fourth-order valence-electron chi connectivity index (χ4n) is 7.34. The second-order valence-corrected chi connectivity index (χ2v) is 12.3. The molecule has 0 unspecified atom stereocenters. The molecule has 7 aromatic carbocycles. The molecule has 0 atom stereocenters. The highest BCUT2D eigenvalue weighted by molar-refractivity contribution is 6.14. The first-order chi connectivity index (χ1) is 24.7. The fourth-order valence-corrected chi connectivity index (χ4v) is 7.34. The van der Waals surface area contributed by atoms with E-state index in [1.54, 1.807) is 0 Å². The van der Waals surface area contributed by atoms with Gasteiger partial charge >= 0.3 is 0 Å². The minimum atomic E-state index is 0.573. The van der Waals surface area contributed by atoms with Crippen molar-refractivity contribution >= 4 is 49.3 Å². The smallest absolute Gasteiger partial charge is 0.211 e. The van der Waals surface area contributed by atoms with E-state index in [0.717, 1.165) is 77.2 Å². The van der Waals surface area contributed by atoms with Crippen molar-refractivity contribution in [2.24, 2.45) is 0 Å². The standard InChI is InChI=1S/C45H25N5/c1-48-40-10-6-9-37-35-7-2-5-12-42(35)50(45(37)40)43-23-13-29(27-46)25-38(43)33-17-15-31(16-18-33)32-19-21-34(22-20-32)49-41-11-4-3-8-36(41)39-26-30(28-47)14-24-44(39)49/h2-26H. The maximum absolute atomic E-state index is 9.87. The molecule has 0 aliphatic rings. The van der Waals surface area contributed by atoms with Crippen molar-refractivity contribution < 1.29 is 0 Å². The lowest BCUT2D eigenvalue weighted by atomic mass is 9.97. The third-order valence-electron chi connectivity index (χ3n) is 9.62. The number of aromatic nitrogens is 2. The number of nitrogens with zero attached hydrogens (tertiary/aromatic N) is 5. The minimum absolute atomic E-state index is 0.573. The number of hydrogen-bond donors (Lipinski definition) is 0. The van der Waals surface area contributed by atoms with Crippen LogP contribution >= 0.6 is 0 Å². The Kier molecular flexibility index (Phi) is 6.56. The molecule has 230 valence electrons. The van der Waals surface area contributed by atoms with E-state index in [1.807, 2.05) is 72.8 Å². The zero-order valence-corrected chi connectivity index (χ0v) is 26.7. The molecular formula is C45H25N5. The SMILES string of the molecule is [C-]#[N+]c1cccc2c3ccccc3n(-c3ccc(C#N)cc3-c3ccc(-c4ccc(-n5c6ccccc6c6cc(C#N)ccc65)cc4)cc3)c12. The molecule has 50 heavy (non-hydrogen) atoms.